The van der Waals surface area contributed by atoms with Gasteiger partial charge in [-0.25, -0.2) is 9.37 Å². The molecule has 2 N–H and O–H groups in total. The molecule has 0 spiro atoms. The maximum atomic E-state index is 14.0. The van der Waals surface area contributed by atoms with Crippen molar-refractivity contribution in [3.8, 4) is 0 Å². The van der Waals surface area contributed by atoms with Crippen LogP contribution in [0.5, 0.6) is 0 Å². The van der Waals surface area contributed by atoms with Crippen molar-refractivity contribution in [2.24, 2.45) is 5.73 Å². The number of aromatic nitrogens is 1. The maximum Gasteiger partial charge on any atom is 0.137 e. The van der Waals surface area contributed by atoms with E-state index in [9.17, 15) is 4.39 Å². The molecule has 0 aliphatic heterocycles. The molecule has 19 heavy (non-hydrogen) atoms. The van der Waals surface area contributed by atoms with E-state index in [-0.39, 0.29) is 11.9 Å². The molecule has 0 bridgehead atoms. The van der Waals surface area contributed by atoms with Gasteiger partial charge >= 0.3 is 0 Å². The van der Waals surface area contributed by atoms with E-state index in [4.69, 9.17) is 5.73 Å². The molecule has 1 aromatic carbocycles. The van der Waals surface area contributed by atoms with E-state index in [2.05, 4.69) is 4.98 Å². The number of nitrogens with zero attached hydrogens (tertiary/aromatic N) is 1. The van der Waals surface area contributed by atoms with E-state index in [1.807, 2.05) is 39.0 Å². The predicted octanol–water partition coefficient (Wildman–Crippen LogP) is 4.01. The summed E-state index contributed by atoms with van der Waals surface area (Å²) in [5, 5.41) is 0.810. The molecule has 0 amide bonds. The Kier molecular flexibility index (Phi) is 4.22. The summed E-state index contributed by atoms with van der Waals surface area (Å²) < 4.78 is 14.0. The molecule has 1 atom stereocenters. The first-order chi connectivity index (χ1) is 8.95. The van der Waals surface area contributed by atoms with Crippen LogP contribution in [0.2, 0.25) is 0 Å². The first kappa shape index (κ1) is 14.0. The Hall–Kier alpha value is -1.39. The lowest BCUT2D eigenvalue weighted by atomic mass is 10.1. The van der Waals surface area contributed by atoms with Crippen molar-refractivity contribution >= 4 is 11.8 Å². The van der Waals surface area contributed by atoms with Crippen molar-refractivity contribution in [3.63, 3.8) is 0 Å². The molecule has 0 radical (unpaired) electrons. The number of benzene rings is 1. The number of pyridine rings is 1. The van der Waals surface area contributed by atoms with Crippen molar-refractivity contribution in [1.29, 1.82) is 0 Å². The summed E-state index contributed by atoms with van der Waals surface area (Å²) in [5.41, 5.74) is 8.61. The van der Waals surface area contributed by atoms with Gasteiger partial charge in [0.2, 0.25) is 0 Å². The molecular weight excluding hydrogens is 259 g/mol. The van der Waals surface area contributed by atoms with Gasteiger partial charge in [0, 0.05) is 16.6 Å². The van der Waals surface area contributed by atoms with Gasteiger partial charge in [-0.1, -0.05) is 17.8 Å². The summed E-state index contributed by atoms with van der Waals surface area (Å²) in [5.74, 6) is -0.249. The van der Waals surface area contributed by atoms with Crippen LogP contribution in [0.25, 0.3) is 0 Å². The number of hydrogen-bond donors (Lipinski definition) is 1. The minimum atomic E-state index is -0.249. The van der Waals surface area contributed by atoms with Gasteiger partial charge in [0.1, 0.15) is 10.8 Å². The van der Waals surface area contributed by atoms with Crippen LogP contribution < -0.4 is 5.73 Å². The Labute approximate surface area is 117 Å². The SMILES string of the molecule is Cc1cc(C)nc(Sc2ccc([C@H](C)N)cc2F)c1. The smallest absolute Gasteiger partial charge is 0.137 e. The van der Waals surface area contributed by atoms with Crippen LogP contribution in [0, 0.1) is 19.7 Å². The fourth-order valence-electron chi connectivity index (χ4n) is 1.85. The lowest BCUT2D eigenvalue weighted by Gasteiger charge is -2.09. The number of aryl methyl sites for hydroxylation is 2. The number of hydrogen-bond acceptors (Lipinski definition) is 3. The van der Waals surface area contributed by atoms with Crippen molar-refractivity contribution in [2.45, 2.75) is 36.7 Å². The minimum absolute atomic E-state index is 0.159. The summed E-state index contributed by atoms with van der Waals surface area (Å²) in [6.07, 6.45) is 0. The molecule has 1 aromatic heterocycles. The molecule has 2 aromatic rings. The highest BCUT2D eigenvalue weighted by Crippen LogP contribution is 2.30. The highest BCUT2D eigenvalue weighted by molar-refractivity contribution is 7.99. The Morgan fingerprint density at radius 1 is 1.21 bits per heavy atom. The Morgan fingerprint density at radius 3 is 2.53 bits per heavy atom. The van der Waals surface area contributed by atoms with Crippen molar-refractivity contribution < 1.29 is 4.39 Å². The topological polar surface area (TPSA) is 38.9 Å². The summed E-state index contributed by atoms with van der Waals surface area (Å²) >= 11 is 1.34. The minimum Gasteiger partial charge on any atom is -0.324 e. The molecule has 4 heteroatoms. The largest absolute Gasteiger partial charge is 0.324 e. The Morgan fingerprint density at radius 2 is 1.95 bits per heavy atom. The molecule has 100 valence electrons. The lowest BCUT2D eigenvalue weighted by Crippen LogP contribution is -2.05. The molecule has 2 nitrogen and oxygen atoms in total. The molecule has 0 saturated carbocycles. The maximum absolute atomic E-state index is 14.0. The molecule has 1 heterocycles. The zero-order valence-electron chi connectivity index (χ0n) is 11.3. The molecule has 0 unspecified atom stereocenters. The summed E-state index contributed by atoms with van der Waals surface area (Å²) in [6, 6.07) is 8.91. The van der Waals surface area contributed by atoms with Gasteiger partial charge in [0.05, 0.1) is 0 Å². The van der Waals surface area contributed by atoms with Crippen LogP contribution in [-0.4, -0.2) is 4.98 Å². The molecular formula is C15H17FN2S. The third kappa shape index (κ3) is 3.55. The van der Waals surface area contributed by atoms with Gasteiger partial charge in [-0.15, -0.1) is 0 Å². The monoisotopic (exact) mass is 276 g/mol. The normalized spacial score (nSPS) is 12.5. The van der Waals surface area contributed by atoms with Crippen molar-refractivity contribution in [2.75, 3.05) is 0 Å². The zero-order valence-corrected chi connectivity index (χ0v) is 12.1. The standard InChI is InChI=1S/C15H17FN2S/c1-9-6-10(2)18-15(7-9)19-14-5-4-12(11(3)17)8-13(14)16/h4-8,11H,17H2,1-3H3/t11-/m0/s1. The van der Waals surface area contributed by atoms with E-state index in [1.54, 1.807) is 6.07 Å². The summed E-state index contributed by atoms with van der Waals surface area (Å²) in [4.78, 5) is 4.97. The average molecular weight is 276 g/mol. The molecule has 2 rings (SSSR count). The van der Waals surface area contributed by atoms with Crippen LogP contribution in [-0.2, 0) is 0 Å². The third-order valence-electron chi connectivity index (χ3n) is 2.77. The summed E-state index contributed by atoms with van der Waals surface area (Å²) in [7, 11) is 0. The fraction of sp³-hybridized carbons (Fsp3) is 0.267. The highest BCUT2D eigenvalue weighted by Gasteiger charge is 2.09. The van der Waals surface area contributed by atoms with E-state index in [1.165, 1.54) is 17.8 Å². The number of halogens is 1. The van der Waals surface area contributed by atoms with Crippen LogP contribution in [0.1, 0.15) is 29.8 Å². The second-order valence-electron chi connectivity index (χ2n) is 4.70. The van der Waals surface area contributed by atoms with Gasteiger partial charge in [-0.05, 0) is 56.2 Å². The molecule has 0 aliphatic carbocycles. The average Bonchev–Trinajstić information content (AvgIpc) is 2.30. The van der Waals surface area contributed by atoms with Gasteiger partial charge in [0.15, 0.2) is 0 Å². The van der Waals surface area contributed by atoms with E-state index in [0.29, 0.717) is 4.90 Å². The van der Waals surface area contributed by atoms with Gasteiger partial charge in [-0.2, -0.15) is 0 Å². The second kappa shape index (κ2) is 5.72. The zero-order chi connectivity index (χ0) is 14.0. The van der Waals surface area contributed by atoms with E-state index >= 15 is 0 Å². The Bertz CT molecular complexity index is 576. The molecule has 0 fully saturated rings. The first-order valence-corrected chi connectivity index (χ1v) is 6.95. The van der Waals surface area contributed by atoms with Gasteiger partial charge in [-0.3, -0.25) is 0 Å². The highest BCUT2D eigenvalue weighted by atomic mass is 32.2. The van der Waals surface area contributed by atoms with Crippen LogP contribution >= 0.6 is 11.8 Å². The second-order valence-corrected chi connectivity index (χ2v) is 5.77. The van der Waals surface area contributed by atoms with E-state index < -0.39 is 0 Å². The number of nitrogens with two attached hydrogens (primary N) is 1. The Balaban J connectivity index is 2.28. The van der Waals surface area contributed by atoms with Gasteiger partial charge < -0.3 is 5.73 Å². The van der Waals surface area contributed by atoms with Crippen LogP contribution in [0.15, 0.2) is 40.3 Å². The first-order valence-electron chi connectivity index (χ1n) is 6.14. The van der Waals surface area contributed by atoms with E-state index in [0.717, 1.165) is 21.8 Å². The van der Waals surface area contributed by atoms with Gasteiger partial charge in [0.25, 0.3) is 0 Å². The summed E-state index contributed by atoms with van der Waals surface area (Å²) in [6.45, 7) is 5.79. The molecule has 0 saturated heterocycles. The molecule has 0 aliphatic rings. The quantitative estimate of drug-likeness (QED) is 0.920. The van der Waals surface area contributed by atoms with Crippen LogP contribution in [0.3, 0.4) is 0 Å². The fourth-order valence-corrected chi connectivity index (χ4v) is 2.80. The lowest BCUT2D eigenvalue weighted by molar-refractivity contribution is 0.596. The van der Waals surface area contributed by atoms with Crippen molar-refractivity contribution in [1.82, 2.24) is 4.98 Å². The number of rotatable bonds is 3. The van der Waals surface area contributed by atoms with Crippen molar-refractivity contribution in [3.05, 3.63) is 53.0 Å². The van der Waals surface area contributed by atoms with Crippen LogP contribution in [0.4, 0.5) is 4.39 Å². The predicted molar refractivity (Wildman–Crippen MR) is 76.8 cm³/mol. The third-order valence-corrected chi connectivity index (χ3v) is 3.74.